The van der Waals surface area contributed by atoms with Crippen molar-refractivity contribution < 1.29 is 0 Å². The maximum absolute atomic E-state index is 2.41. The van der Waals surface area contributed by atoms with Gasteiger partial charge in [0.05, 0.1) is 18.8 Å². The van der Waals surface area contributed by atoms with Gasteiger partial charge in [0.2, 0.25) is 0 Å². The molecule has 0 fully saturated rings. The molecule has 0 amide bonds. The summed E-state index contributed by atoms with van der Waals surface area (Å²) in [6.07, 6.45) is 0. The predicted octanol–water partition coefficient (Wildman–Crippen LogP) is 27.7. The van der Waals surface area contributed by atoms with Crippen molar-refractivity contribution in [3.8, 4) is 0 Å². The second-order valence-electron chi connectivity index (χ2n) is 23.8. The first-order valence-electron chi connectivity index (χ1n) is 29.8. The molecule has 0 aliphatic rings. The predicted molar refractivity (Wildman–Crippen MR) is 404 cm³/mol. The van der Waals surface area contributed by atoms with E-state index in [2.05, 4.69) is 263 Å². The van der Waals surface area contributed by atoms with Gasteiger partial charge in [0, 0.05) is 157 Å². The first kappa shape index (κ1) is 57.2. The molecule has 0 N–H and O–H groups in total. The van der Waals surface area contributed by atoms with Crippen LogP contribution in [0.3, 0.4) is 0 Å². The van der Waals surface area contributed by atoms with Crippen molar-refractivity contribution in [1.29, 1.82) is 0 Å². The number of fused-ring (bicyclic) bond motifs is 22. The standard InChI is InChI=1S/C34H32N2.2C22H16S4/c1-25-5-13-29(14-6-25)35(30-15-7-26(2)8-16-30)33-21-23-34(24-22-33)36(31-17-9-27(3)10-18-31)32-19-11-28(4)12-20-32;1-9-5-13-17-14-6-11(3)25-21(14)22-16(8-12(4)26-22)18(17)15-7-10(2)24-20(15)19(13)23-9;1-9-5-13-14-6-10(2)24-20(14)18-17(19(13)23-9)21-15(7-11(3)25-21)16-8-12(4)26-22(16)18/h5-24H,1-4H3;2*5-8H,1-4H3. The zero-order valence-corrected chi connectivity index (χ0v) is 57.9. The molecule has 0 atom stereocenters. The average molecular weight is 1290 g/mol. The van der Waals surface area contributed by atoms with E-state index in [0.717, 1.165) is 34.1 Å². The molecule has 8 heterocycles. The summed E-state index contributed by atoms with van der Waals surface area (Å²) >= 11 is 15.7. The Morgan fingerprint density at radius 1 is 0.182 bits per heavy atom. The lowest BCUT2D eigenvalue weighted by molar-refractivity contribution is 1.24. The van der Waals surface area contributed by atoms with E-state index in [1.807, 2.05) is 90.7 Å². The molecule has 0 unspecified atom stereocenters. The fraction of sp³-hybridized carbons (Fsp3) is 0.154. The molecule has 2 nitrogen and oxygen atoms in total. The van der Waals surface area contributed by atoms with Crippen LogP contribution in [0.25, 0.3) is 102 Å². The molecule has 17 rings (SSSR count). The summed E-state index contributed by atoms with van der Waals surface area (Å²) in [6.45, 7) is 26.4. The summed E-state index contributed by atoms with van der Waals surface area (Å²) in [5.41, 5.74) is 11.8. The first-order valence-corrected chi connectivity index (χ1v) is 36.4. The molecule has 0 bridgehead atoms. The minimum atomic E-state index is 1.12. The molecule has 0 saturated heterocycles. The third kappa shape index (κ3) is 9.96. The SMILES string of the molecule is Cc1cc2c(s1)c1sc(C)cc1c1c3cc(C)sc3c3sc(C)cc3c21.Cc1cc2c3cc(C)sc3c3c4sc(C)cc4c4cc(C)sc4c3c2s1.Cc1ccc(N(c2ccc(C)cc2)c2ccc(N(c3ccc(C)cc3)c3ccc(C)cc3)cc2)cc1. The van der Waals surface area contributed by atoms with Crippen LogP contribution in [0.1, 0.15) is 61.3 Å². The lowest BCUT2D eigenvalue weighted by Crippen LogP contribution is -2.12. The van der Waals surface area contributed by atoms with E-state index in [1.54, 1.807) is 0 Å². The van der Waals surface area contributed by atoms with Gasteiger partial charge < -0.3 is 9.80 Å². The highest BCUT2D eigenvalue weighted by Gasteiger charge is 2.24. The summed E-state index contributed by atoms with van der Waals surface area (Å²) in [6, 6.07) is 62.9. The van der Waals surface area contributed by atoms with Gasteiger partial charge in [-0.1, -0.05) is 70.8 Å². The smallest absolute Gasteiger partial charge is 0.0530 e. The van der Waals surface area contributed by atoms with Gasteiger partial charge in [-0.15, -0.1) is 90.7 Å². The van der Waals surface area contributed by atoms with Crippen molar-refractivity contribution in [2.75, 3.05) is 9.80 Å². The number of benzene rings is 9. The van der Waals surface area contributed by atoms with Crippen molar-refractivity contribution in [2.45, 2.75) is 83.1 Å². The highest BCUT2D eigenvalue weighted by molar-refractivity contribution is 7.29. The van der Waals surface area contributed by atoms with E-state index >= 15 is 0 Å². The van der Waals surface area contributed by atoms with Crippen LogP contribution >= 0.6 is 90.7 Å². The van der Waals surface area contributed by atoms with Crippen LogP contribution in [0, 0.1) is 83.1 Å². The Balaban J connectivity index is 0.000000113. The normalized spacial score (nSPS) is 11.9. The van der Waals surface area contributed by atoms with Crippen molar-refractivity contribution in [2.24, 2.45) is 0 Å². The molecular weight excluding hydrogens is 1220 g/mol. The molecule has 0 spiro atoms. The summed E-state index contributed by atoms with van der Waals surface area (Å²) in [5, 5.41) is 17.5. The maximum Gasteiger partial charge on any atom is 0.0530 e. The van der Waals surface area contributed by atoms with Gasteiger partial charge in [-0.3, -0.25) is 0 Å². The lowest BCUT2D eigenvalue weighted by Gasteiger charge is -2.28. The topological polar surface area (TPSA) is 6.48 Å². The number of thiophene rings is 8. The first-order chi connectivity index (χ1) is 42.5. The van der Waals surface area contributed by atoms with Gasteiger partial charge in [-0.25, -0.2) is 0 Å². The fourth-order valence-corrected chi connectivity index (χ4v) is 21.8. The Kier molecular flexibility index (Phi) is 14.5. The summed E-state index contributed by atoms with van der Waals surface area (Å²) in [7, 11) is 0. The minimum Gasteiger partial charge on any atom is -0.311 e. The Morgan fingerprint density at radius 2 is 0.341 bits per heavy atom. The number of aryl methyl sites for hydroxylation is 12. The minimum absolute atomic E-state index is 1.12. The van der Waals surface area contributed by atoms with E-state index in [9.17, 15) is 0 Å². The maximum atomic E-state index is 2.41. The molecule has 0 radical (unpaired) electrons. The van der Waals surface area contributed by atoms with Gasteiger partial charge in [-0.2, -0.15) is 0 Å². The molecule has 0 aliphatic carbocycles. The van der Waals surface area contributed by atoms with E-state index < -0.39 is 0 Å². The molecule has 9 aromatic carbocycles. The number of rotatable bonds is 6. The fourth-order valence-electron chi connectivity index (χ4n) is 13.0. The van der Waals surface area contributed by atoms with Gasteiger partial charge in [0.15, 0.2) is 0 Å². The molecule has 0 saturated carbocycles. The van der Waals surface area contributed by atoms with Crippen LogP contribution in [0.15, 0.2) is 170 Å². The van der Waals surface area contributed by atoms with Crippen LogP contribution in [0.2, 0.25) is 0 Å². The van der Waals surface area contributed by atoms with Crippen LogP contribution in [-0.4, -0.2) is 0 Å². The van der Waals surface area contributed by atoms with Crippen molar-refractivity contribution in [3.05, 3.63) is 231 Å². The second kappa shape index (κ2) is 22.4. The number of nitrogens with zero attached hydrogens (tertiary/aromatic N) is 2. The molecule has 434 valence electrons. The second-order valence-corrected chi connectivity index (χ2v) is 33.9. The highest BCUT2D eigenvalue weighted by atomic mass is 32.1. The highest BCUT2D eigenvalue weighted by Crippen LogP contribution is 2.54. The Labute approximate surface area is 546 Å². The quantitative estimate of drug-likeness (QED) is 0.164. The molecule has 8 aromatic heterocycles. The molecule has 88 heavy (non-hydrogen) atoms. The monoisotopic (exact) mass is 1280 g/mol. The Bertz CT molecular complexity index is 4660. The zero-order valence-electron chi connectivity index (χ0n) is 51.3. The van der Waals surface area contributed by atoms with Gasteiger partial charge in [0.1, 0.15) is 0 Å². The molecule has 10 heteroatoms. The number of hydrogen-bond acceptors (Lipinski definition) is 10. The number of hydrogen-bond donors (Lipinski definition) is 0. The van der Waals surface area contributed by atoms with Gasteiger partial charge >= 0.3 is 0 Å². The summed E-state index contributed by atoms with van der Waals surface area (Å²) < 4.78 is 11.8. The third-order valence-electron chi connectivity index (χ3n) is 16.9. The van der Waals surface area contributed by atoms with Crippen LogP contribution in [0.5, 0.6) is 0 Å². The van der Waals surface area contributed by atoms with E-state index in [0.29, 0.717) is 0 Å². The molecular formula is C78H64N2S8. The van der Waals surface area contributed by atoms with Crippen molar-refractivity contribution in [1.82, 2.24) is 0 Å². The lowest BCUT2D eigenvalue weighted by atomic mass is 9.97. The summed E-state index contributed by atoms with van der Waals surface area (Å²) in [5.74, 6) is 0. The Hall–Kier alpha value is -7.22. The van der Waals surface area contributed by atoms with Gasteiger partial charge in [-0.05, 0) is 204 Å². The molecule has 17 aromatic rings. The van der Waals surface area contributed by atoms with Gasteiger partial charge in [0.25, 0.3) is 0 Å². The van der Waals surface area contributed by atoms with E-state index in [1.165, 1.54) is 164 Å². The zero-order chi connectivity index (χ0) is 60.5. The van der Waals surface area contributed by atoms with Crippen LogP contribution in [0.4, 0.5) is 34.1 Å². The molecule has 0 aliphatic heterocycles. The van der Waals surface area contributed by atoms with E-state index in [4.69, 9.17) is 0 Å². The number of anilines is 6. The average Bonchev–Trinajstić information content (AvgIpc) is 1.53. The van der Waals surface area contributed by atoms with Crippen molar-refractivity contribution in [3.63, 3.8) is 0 Å². The van der Waals surface area contributed by atoms with Crippen LogP contribution in [-0.2, 0) is 0 Å². The van der Waals surface area contributed by atoms with Crippen molar-refractivity contribution >= 4 is 227 Å². The van der Waals surface area contributed by atoms with Crippen LogP contribution < -0.4 is 9.80 Å². The largest absolute Gasteiger partial charge is 0.311 e. The van der Waals surface area contributed by atoms with E-state index in [-0.39, 0.29) is 0 Å². The summed E-state index contributed by atoms with van der Waals surface area (Å²) in [4.78, 5) is 15.9. The Morgan fingerprint density at radius 3 is 0.534 bits per heavy atom. The third-order valence-corrected chi connectivity index (χ3v) is 25.7.